The third-order valence-electron chi connectivity index (χ3n) is 2.72. The van der Waals surface area contributed by atoms with Crippen molar-refractivity contribution in [1.82, 2.24) is 0 Å². The molecular weight excluding hydrogens is 270 g/mol. The molecule has 0 saturated heterocycles. The highest BCUT2D eigenvalue weighted by Crippen LogP contribution is 2.21. The zero-order valence-electron chi connectivity index (χ0n) is 11.4. The molecule has 0 fully saturated rings. The van der Waals surface area contributed by atoms with Crippen molar-refractivity contribution in [3.63, 3.8) is 0 Å². The highest BCUT2D eigenvalue weighted by Gasteiger charge is 2.11. The van der Waals surface area contributed by atoms with Crippen LogP contribution in [0.15, 0.2) is 42.5 Å². The minimum absolute atomic E-state index is 0.0404. The van der Waals surface area contributed by atoms with Crippen LogP contribution in [-0.2, 0) is 4.79 Å². The van der Waals surface area contributed by atoms with Crippen molar-refractivity contribution in [3.8, 4) is 5.75 Å². The standard InChI is InChI=1S/C15H15N3O3/c1-9(19)17-10-3-2-4-11(7-10)18-15(21)13-8-12(20)5-6-14(13)16/h2-8,20H,16H2,1H3,(H,17,19)(H,18,21). The molecule has 108 valence electrons. The Balaban J connectivity index is 2.19. The number of hydrogen-bond donors (Lipinski definition) is 4. The van der Waals surface area contributed by atoms with Gasteiger partial charge in [0.15, 0.2) is 0 Å². The van der Waals surface area contributed by atoms with Crippen molar-refractivity contribution in [1.29, 1.82) is 0 Å². The number of nitrogens with one attached hydrogen (secondary N) is 2. The summed E-state index contributed by atoms with van der Waals surface area (Å²) in [6.45, 7) is 1.40. The summed E-state index contributed by atoms with van der Waals surface area (Å²) in [4.78, 5) is 23.1. The van der Waals surface area contributed by atoms with Crippen LogP contribution in [0.5, 0.6) is 5.75 Å². The van der Waals surface area contributed by atoms with E-state index in [0.717, 1.165) is 0 Å². The highest BCUT2D eigenvalue weighted by atomic mass is 16.3. The molecule has 0 aliphatic carbocycles. The smallest absolute Gasteiger partial charge is 0.257 e. The van der Waals surface area contributed by atoms with Crippen molar-refractivity contribution in [2.24, 2.45) is 0 Å². The summed E-state index contributed by atoms with van der Waals surface area (Å²) in [5, 5.41) is 14.7. The van der Waals surface area contributed by atoms with Crippen LogP contribution in [0.4, 0.5) is 17.1 Å². The van der Waals surface area contributed by atoms with Crippen molar-refractivity contribution in [2.45, 2.75) is 6.92 Å². The number of aromatic hydroxyl groups is 1. The van der Waals surface area contributed by atoms with Gasteiger partial charge in [-0.1, -0.05) is 6.07 Å². The molecule has 0 aliphatic rings. The first-order chi connectivity index (χ1) is 9.95. The van der Waals surface area contributed by atoms with Gasteiger partial charge in [0.05, 0.1) is 5.56 Å². The fraction of sp³-hybridized carbons (Fsp3) is 0.0667. The Hall–Kier alpha value is -3.02. The van der Waals surface area contributed by atoms with Gasteiger partial charge in [-0.05, 0) is 36.4 Å². The van der Waals surface area contributed by atoms with Crippen LogP contribution in [0.25, 0.3) is 0 Å². The molecule has 0 radical (unpaired) electrons. The number of nitrogens with two attached hydrogens (primary N) is 1. The van der Waals surface area contributed by atoms with Gasteiger partial charge in [-0.3, -0.25) is 9.59 Å². The molecule has 0 heterocycles. The molecule has 6 heteroatoms. The number of phenols is 1. The van der Waals surface area contributed by atoms with Crippen LogP contribution < -0.4 is 16.4 Å². The molecule has 2 aromatic rings. The Bertz CT molecular complexity index is 698. The Labute approximate surface area is 121 Å². The number of anilines is 3. The molecule has 0 aromatic heterocycles. The van der Waals surface area contributed by atoms with Gasteiger partial charge in [0.25, 0.3) is 5.91 Å². The van der Waals surface area contributed by atoms with Gasteiger partial charge in [0.1, 0.15) is 5.75 Å². The SMILES string of the molecule is CC(=O)Nc1cccc(NC(=O)c2cc(O)ccc2N)c1. The number of amides is 2. The Morgan fingerprint density at radius 3 is 2.38 bits per heavy atom. The summed E-state index contributed by atoms with van der Waals surface area (Å²) >= 11 is 0. The van der Waals surface area contributed by atoms with Crippen LogP contribution in [0.1, 0.15) is 17.3 Å². The molecule has 0 spiro atoms. The van der Waals surface area contributed by atoms with Gasteiger partial charge >= 0.3 is 0 Å². The molecule has 2 amide bonds. The molecule has 0 saturated carbocycles. The topological polar surface area (TPSA) is 104 Å². The van der Waals surface area contributed by atoms with E-state index in [-0.39, 0.29) is 22.9 Å². The van der Waals surface area contributed by atoms with Crippen molar-refractivity contribution in [2.75, 3.05) is 16.4 Å². The average molecular weight is 285 g/mol. The first-order valence-electron chi connectivity index (χ1n) is 6.23. The lowest BCUT2D eigenvalue weighted by atomic mass is 10.1. The number of benzene rings is 2. The Morgan fingerprint density at radius 1 is 1.05 bits per heavy atom. The van der Waals surface area contributed by atoms with Crippen molar-refractivity contribution < 1.29 is 14.7 Å². The second-order valence-corrected chi connectivity index (χ2v) is 4.49. The number of nitrogen functional groups attached to an aromatic ring is 1. The first-order valence-corrected chi connectivity index (χ1v) is 6.23. The van der Waals surface area contributed by atoms with E-state index >= 15 is 0 Å². The molecule has 6 nitrogen and oxygen atoms in total. The lowest BCUT2D eigenvalue weighted by Crippen LogP contribution is -2.14. The fourth-order valence-electron chi connectivity index (χ4n) is 1.82. The Kier molecular flexibility index (Phi) is 4.08. The molecule has 0 atom stereocenters. The third kappa shape index (κ3) is 3.73. The van der Waals surface area contributed by atoms with Crippen LogP contribution in [0.3, 0.4) is 0 Å². The van der Waals surface area contributed by atoms with Crippen LogP contribution in [0, 0.1) is 0 Å². The molecule has 5 N–H and O–H groups in total. The van der Waals surface area contributed by atoms with Gasteiger partial charge in [0.2, 0.25) is 5.91 Å². The molecule has 21 heavy (non-hydrogen) atoms. The quantitative estimate of drug-likeness (QED) is 0.512. The maximum Gasteiger partial charge on any atom is 0.257 e. The predicted octanol–water partition coefficient (Wildman–Crippen LogP) is 2.19. The summed E-state index contributed by atoms with van der Waals surface area (Å²) in [7, 11) is 0. The van der Waals surface area contributed by atoms with Crippen LogP contribution in [0.2, 0.25) is 0 Å². The maximum atomic E-state index is 12.1. The molecule has 2 rings (SSSR count). The van der Waals surface area contributed by atoms with Crippen molar-refractivity contribution in [3.05, 3.63) is 48.0 Å². The van der Waals surface area contributed by atoms with E-state index in [2.05, 4.69) is 10.6 Å². The number of hydrogen-bond acceptors (Lipinski definition) is 4. The predicted molar refractivity (Wildman–Crippen MR) is 81.2 cm³/mol. The lowest BCUT2D eigenvalue weighted by molar-refractivity contribution is -0.114. The monoisotopic (exact) mass is 285 g/mol. The number of carbonyl (C=O) groups is 2. The lowest BCUT2D eigenvalue weighted by Gasteiger charge is -2.09. The molecule has 0 bridgehead atoms. The minimum atomic E-state index is -0.441. The van der Waals surface area contributed by atoms with E-state index in [1.165, 1.54) is 25.1 Å². The molecule has 2 aromatic carbocycles. The zero-order chi connectivity index (χ0) is 15.4. The first kappa shape index (κ1) is 14.4. The second-order valence-electron chi connectivity index (χ2n) is 4.49. The summed E-state index contributed by atoms with van der Waals surface area (Å²) in [6.07, 6.45) is 0. The molecule has 0 aliphatic heterocycles. The van der Waals surface area contributed by atoms with E-state index < -0.39 is 5.91 Å². The van der Waals surface area contributed by atoms with Gasteiger partial charge in [0, 0.05) is 24.0 Å². The van der Waals surface area contributed by atoms with E-state index in [9.17, 15) is 14.7 Å². The van der Waals surface area contributed by atoms with Crippen molar-refractivity contribution >= 4 is 28.9 Å². The van der Waals surface area contributed by atoms with Crippen LogP contribution >= 0.6 is 0 Å². The van der Waals surface area contributed by atoms with E-state index in [0.29, 0.717) is 11.4 Å². The Morgan fingerprint density at radius 2 is 1.71 bits per heavy atom. The number of carbonyl (C=O) groups excluding carboxylic acids is 2. The van der Waals surface area contributed by atoms with Gasteiger partial charge in [-0.2, -0.15) is 0 Å². The summed E-state index contributed by atoms with van der Waals surface area (Å²) in [6, 6.07) is 10.9. The maximum absolute atomic E-state index is 12.1. The highest BCUT2D eigenvalue weighted by molar-refractivity contribution is 6.08. The largest absolute Gasteiger partial charge is 0.508 e. The van der Waals surface area contributed by atoms with Gasteiger partial charge in [-0.25, -0.2) is 0 Å². The van der Waals surface area contributed by atoms with E-state index in [1.54, 1.807) is 24.3 Å². The summed E-state index contributed by atoms with van der Waals surface area (Å²) < 4.78 is 0. The third-order valence-corrected chi connectivity index (χ3v) is 2.72. The minimum Gasteiger partial charge on any atom is -0.508 e. The fourth-order valence-corrected chi connectivity index (χ4v) is 1.82. The zero-order valence-corrected chi connectivity index (χ0v) is 11.4. The molecular formula is C15H15N3O3. The second kappa shape index (κ2) is 5.96. The average Bonchev–Trinajstić information content (AvgIpc) is 2.41. The van der Waals surface area contributed by atoms with E-state index in [1.807, 2.05) is 0 Å². The number of phenolic OH excluding ortho intramolecular Hbond substituents is 1. The van der Waals surface area contributed by atoms with E-state index in [4.69, 9.17) is 5.73 Å². The number of rotatable bonds is 3. The van der Waals surface area contributed by atoms with Crippen LogP contribution in [-0.4, -0.2) is 16.9 Å². The summed E-state index contributed by atoms with van der Waals surface area (Å²) in [5.74, 6) is -0.680. The summed E-state index contributed by atoms with van der Waals surface area (Å²) in [5.41, 5.74) is 7.24. The molecule has 0 unspecified atom stereocenters. The van der Waals surface area contributed by atoms with Gasteiger partial charge < -0.3 is 21.5 Å². The van der Waals surface area contributed by atoms with Gasteiger partial charge in [-0.15, -0.1) is 0 Å². The normalized spacial score (nSPS) is 9.95.